The van der Waals surface area contributed by atoms with Crippen molar-refractivity contribution in [2.45, 2.75) is 64.7 Å². The normalized spacial score (nSPS) is 12.7. The predicted octanol–water partition coefficient (Wildman–Crippen LogP) is 5.82. The molecule has 0 N–H and O–H groups in total. The van der Waals surface area contributed by atoms with Gasteiger partial charge in [-0.2, -0.15) is 0 Å². The first kappa shape index (κ1) is 15.1. The molecule has 1 atom stereocenters. The molecular formula is C16H24F2. The molecule has 1 unspecified atom stereocenters. The molecule has 0 aliphatic heterocycles. The first-order valence-electron chi connectivity index (χ1n) is 7.14. The molecule has 0 heterocycles. The maximum Gasteiger partial charge on any atom is 0.159 e. The topological polar surface area (TPSA) is 0 Å². The zero-order chi connectivity index (χ0) is 13.4. The number of rotatable bonds is 8. The van der Waals surface area contributed by atoms with E-state index in [2.05, 4.69) is 13.8 Å². The standard InChI is InChI=1S/C16H24F2/c1-3-5-7-9-13(8-6-4-2)14-10-11-15(17)16(18)12-14/h10-13H,3-9H2,1-2H3. The SMILES string of the molecule is CCCCCC(CCCC)c1ccc(F)c(F)c1. The maximum atomic E-state index is 13.3. The summed E-state index contributed by atoms with van der Waals surface area (Å²) in [5.41, 5.74) is 0.957. The molecule has 0 spiro atoms. The van der Waals surface area contributed by atoms with Gasteiger partial charge in [-0.3, -0.25) is 0 Å². The van der Waals surface area contributed by atoms with Gasteiger partial charge in [-0.1, -0.05) is 52.0 Å². The van der Waals surface area contributed by atoms with E-state index in [-0.39, 0.29) is 0 Å². The Morgan fingerprint density at radius 2 is 1.56 bits per heavy atom. The van der Waals surface area contributed by atoms with Crippen LogP contribution < -0.4 is 0 Å². The zero-order valence-corrected chi connectivity index (χ0v) is 11.5. The number of halogens is 2. The van der Waals surface area contributed by atoms with Gasteiger partial charge in [-0.25, -0.2) is 8.78 Å². The van der Waals surface area contributed by atoms with E-state index >= 15 is 0 Å². The molecule has 0 aliphatic rings. The highest BCUT2D eigenvalue weighted by Gasteiger charge is 2.13. The summed E-state index contributed by atoms with van der Waals surface area (Å²) in [4.78, 5) is 0. The van der Waals surface area contributed by atoms with Crippen LogP contribution in [0.5, 0.6) is 0 Å². The Morgan fingerprint density at radius 3 is 2.17 bits per heavy atom. The van der Waals surface area contributed by atoms with Crippen molar-refractivity contribution in [2.24, 2.45) is 0 Å². The van der Waals surface area contributed by atoms with Crippen LogP contribution in [0.3, 0.4) is 0 Å². The first-order valence-corrected chi connectivity index (χ1v) is 7.14. The summed E-state index contributed by atoms with van der Waals surface area (Å²) in [5, 5.41) is 0. The fourth-order valence-corrected chi connectivity index (χ4v) is 2.34. The Labute approximate surface area is 109 Å². The molecule has 0 bridgehead atoms. The van der Waals surface area contributed by atoms with Crippen molar-refractivity contribution < 1.29 is 8.78 Å². The van der Waals surface area contributed by atoms with Crippen LogP contribution in [0, 0.1) is 11.6 Å². The lowest BCUT2D eigenvalue weighted by Gasteiger charge is -2.17. The Kier molecular flexibility index (Phi) is 6.92. The average molecular weight is 254 g/mol. The summed E-state index contributed by atoms with van der Waals surface area (Å²) in [5.74, 6) is -1.09. The van der Waals surface area contributed by atoms with Crippen LogP contribution >= 0.6 is 0 Å². The molecule has 0 nitrogen and oxygen atoms in total. The highest BCUT2D eigenvalue weighted by Crippen LogP contribution is 2.28. The van der Waals surface area contributed by atoms with Crippen LogP contribution in [0.25, 0.3) is 0 Å². The summed E-state index contributed by atoms with van der Waals surface area (Å²) < 4.78 is 26.2. The average Bonchev–Trinajstić information content (AvgIpc) is 2.37. The van der Waals surface area contributed by atoms with Crippen LogP contribution in [-0.2, 0) is 0 Å². The van der Waals surface area contributed by atoms with E-state index in [0.29, 0.717) is 5.92 Å². The molecular weight excluding hydrogens is 230 g/mol. The molecule has 0 saturated heterocycles. The van der Waals surface area contributed by atoms with Gasteiger partial charge in [0.05, 0.1) is 0 Å². The zero-order valence-electron chi connectivity index (χ0n) is 11.5. The molecule has 0 aliphatic carbocycles. The molecule has 1 aromatic rings. The van der Waals surface area contributed by atoms with Crippen molar-refractivity contribution in [1.82, 2.24) is 0 Å². The fourth-order valence-electron chi connectivity index (χ4n) is 2.34. The third-order valence-electron chi connectivity index (χ3n) is 3.48. The lowest BCUT2D eigenvalue weighted by Crippen LogP contribution is -2.01. The molecule has 0 aromatic heterocycles. The molecule has 0 amide bonds. The lowest BCUT2D eigenvalue weighted by atomic mass is 9.88. The van der Waals surface area contributed by atoms with Crippen molar-refractivity contribution in [3.63, 3.8) is 0 Å². The van der Waals surface area contributed by atoms with E-state index in [1.807, 2.05) is 0 Å². The minimum atomic E-state index is -0.749. The van der Waals surface area contributed by atoms with E-state index < -0.39 is 11.6 Å². The molecule has 1 aromatic carbocycles. The molecule has 102 valence electrons. The van der Waals surface area contributed by atoms with Crippen molar-refractivity contribution in [1.29, 1.82) is 0 Å². The monoisotopic (exact) mass is 254 g/mol. The Balaban J connectivity index is 2.70. The number of hydrogen-bond acceptors (Lipinski definition) is 0. The smallest absolute Gasteiger partial charge is 0.159 e. The van der Waals surface area contributed by atoms with Gasteiger partial charge >= 0.3 is 0 Å². The van der Waals surface area contributed by atoms with E-state index in [0.717, 1.165) is 31.2 Å². The molecule has 2 heteroatoms. The second-order valence-electron chi connectivity index (χ2n) is 5.01. The van der Waals surface area contributed by atoms with Crippen LogP contribution in [0.1, 0.15) is 70.3 Å². The Hall–Kier alpha value is -0.920. The second-order valence-corrected chi connectivity index (χ2v) is 5.01. The van der Waals surface area contributed by atoms with Crippen molar-refractivity contribution in [3.8, 4) is 0 Å². The molecule has 18 heavy (non-hydrogen) atoms. The van der Waals surface area contributed by atoms with Gasteiger partial charge in [0.1, 0.15) is 0 Å². The maximum absolute atomic E-state index is 13.3. The highest BCUT2D eigenvalue weighted by molar-refractivity contribution is 5.21. The predicted molar refractivity (Wildman–Crippen MR) is 72.8 cm³/mol. The fraction of sp³-hybridized carbons (Fsp3) is 0.625. The summed E-state index contributed by atoms with van der Waals surface area (Å²) in [6, 6.07) is 4.37. The van der Waals surface area contributed by atoms with Gasteiger partial charge in [0, 0.05) is 0 Å². The third-order valence-corrected chi connectivity index (χ3v) is 3.48. The minimum absolute atomic E-state index is 0.381. The van der Waals surface area contributed by atoms with E-state index in [1.165, 1.54) is 31.4 Å². The van der Waals surface area contributed by atoms with Gasteiger partial charge in [-0.05, 0) is 36.5 Å². The highest BCUT2D eigenvalue weighted by atomic mass is 19.2. The quantitative estimate of drug-likeness (QED) is 0.513. The largest absolute Gasteiger partial charge is 0.204 e. The van der Waals surface area contributed by atoms with Crippen LogP contribution in [-0.4, -0.2) is 0 Å². The second kappa shape index (κ2) is 8.23. The summed E-state index contributed by atoms with van der Waals surface area (Å²) >= 11 is 0. The van der Waals surface area contributed by atoms with Gasteiger partial charge < -0.3 is 0 Å². The molecule has 0 saturated carbocycles. The first-order chi connectivity index (χ1) is 8.69. The number of hydrogen-bond donors (Lipinski definition) is 0. The van der Waals surface area contributed by atoms with Gasteiger partial charge in [-0.15, -0.1) is 0 Å². The van der Waals surface area contributed by atoms with Gasteiger partial charge in [0.25, 0.3) is 0 Å². The van der Waals surface area contributed by atoms with Crippen molar-refractivity contribution >= 4 is 0 Å². The number of benzene rings is 1. The van der Waals surface area contributed by atoms with E-state index in [1.54, 1.807) is 6.07 Å². The summed E-state index contributed by atoms with van der Waals surface area (Å²) in [7, 11) is 0. The van der Waals surface area contributed by atoms with Crippen LogP contribution in [0.15, 0.2) is 18.2 Å². The van der Waals surface area contributed by atoms with Crippen molar-refractivity contribution in [2.75, 3.05) is 0 Å². The van der Waals surface area contributed by atoms with Gasteiger partial charge in [0.2, 0.25) is 0 Å². The van der Waals surface area contributed by atoms with E-state index in [4.69, 9.17) is 0 Å². The Bertz CT molecular complexity index is 347. The third kappa shape index (κ3) is 4.75. The number of unbranched alkanes of at least 4 members (excludes halogenated alkanes) is 3. The molecule has 0 radical (unpaired) electrons. The molecule has 0 fully saturated rings. The van der Waals surface area contributed by atoms with Crippen molar-refractivity contribution in [3.05, 3.63) is 35.4 Å². The van der Waals surface area contributed by atoms with E-state index in [9.17, 15) is 8.78 Å². The van der Waals surface area contributed by atoms with Gasteiger partial charge in [0.15, 0.2) is 11.6 Å². The minimum Gasteiger partial charge on any atom is -0.204 e. The Morgan fingerprint density at radius 1 is 0.889 bits per heavy atom. The van der Waals surface area contributed by atoms with Crippen LogP contribution in [0.2, 0.25) is 0 Å². The summed E-state index contributed by atoms with van der Waals surface area (Å²) in [6.07, 6.45) is 8.03. The van der Waals surface area contributed by atoms with Crippen LogP contribution in [0.4, 0.5) is 8.78 Å². The molecule has 1 rings (SSSR count). The lowest BCUT2D eigenvalue weighted by molar-refractivity contribution is 0.490. The summed E-state index contributed by atoms with van der Waals surface area (Å²) in [6.45, 7) is 4.34.